The Hall–Kier alpha value is -2.67. The molecule has 0 fully saturated rings. The third kappa shape index (κ3) is 5.73. The number of hydrogen-bond acceptors (Lipinski definition) is 4. The van der Waals surface area contributed by atoms with Crippen molar-refractivity contribution in [3.05, 3.63) is 100 Å². The number of ether oxygens (including phenoxy) is 2. The van der Waals surface area contributed by atoms with Crippen molar-refractivity contribution in [3.8, 4) is 5.75 Å². The summed E-state index contributed by atoms with van der Waals surface area (Å²) in [5, 5.41) is 1.18. The van der Waals surface area contributed by atoms with E-state index in [1.807, 2.05) is 78.9 Å². The van der Waals surface area contributed by atoms with E-state index in [1.165, 1.54) is 12.2 Å². The lowest BCUT2D eigenvalue weighted by Gasteiger charge is -2.32. The van der Waals surface area contributed by atoms with Gasteiger partial charge in [0, 0.05) is 11.5 Å². The van der Waals surface area contributed by atoms with Crippen molar-refractivity contribution in [2.24, 2.45) is 0 Å². The van der Waals surface area contributed by atoms with Crippen molar-refractivity contribution in [2.45, 2.75) is 25.7 Å². The predicted molar refractivity (Wildman–Crippen MR) is 123 cm³/mol. The zero-order valence-corrected chi connectivity index (χ0v) is 19.5. The van der Waals surface area contributed by atoms with Gasteiger partial charge in [-0.05, 0) is 41.8 Å². The van der Waals surface area contributed by atoms with Crippen LogP contribution in [0.4, 0.5) is 0 Å². The SMILES string of the molecule is CON(C)C(=O)C(C)(OCc1cc(OCc2ccccc2)ccc1Br)c1ccccc1. The second kappa shape index (κ2) is 10.6. The molecular formula is C25H26BrNO4. The molecule has 0 aliphatic carbocycles. The van der Waals surface area contributed by atoms with Crippen molar-refractivity contribution in [1.82, 2.24) is 5.06 Å². The molecule has 31 heavy (non-hydrogen) atoms. The van der Waals surface area contributed by atoms with E-state index in [0.29, 0.717) is 6.61 Å². The Morgan fingerprint density at radius 1 is 0.968 bits per heavy atom. The summed E-state index contributed by atoms with van der Waals surface area (Å²) in [4.78, 5) is 18.2. The molecule has 1 atom stereocenters. The Bertz CT molecular complexity index is 997. The van der Waals surface area contributed by atoms with Gasteiger partial charge in [-0.3, -0.25) is 9.63 Å². The number of hydroxylamine groups is 2. The smallest absolute Gasteiger partial charge is 0.282 e. The third-order valence-corrected chi connectivity index (χ3v) is 5.85. The maximum Gasteiger partial charge on any atom is 0.282 e. The van der Waals surface area contributed by atoms with Crippen molar-refractivity contribution < 1.29 is 19.1 Å². The quantitative estimate of drug-likeness (QED) is 0.378. The highest BCUT2D eigenvalue weighted by atomic mass is 79.9. The van der Waals surface area contributed by atoms with Gasteiger partial charge in [-0.1, -0.05) is 76.6 Å². The van der Waals surface area contributed by atoms with Crippen LogP contribution in [0, 0.1) is 0 Å². The van der Waals surface area contributed by atoms with Gasteiger partial charge in [0.05, 0.1) is 13.7 Å². The molecule has 3 aromatic carbocycles. The fourth-order valence-electron chi connectivity index (χ4n) is 3.12. The number of benzene rings is 3. The van der Waals surface area contributed by atoms with Gasteiger partial charge in [0.2, 0.25) is 0 Å². The first-order valence-electron chi connectivity index (χ1n) is 9.91. The van der Waals surface area contributed by atoms with Crippen molar-refractivity contribution >= 4 is 21.8 Å². The predicted octanol–water partition coefficient (Wildman–Crippen LogP) is 5.48. The topological polar surface area (TPSA) is 48.0 Å². The van der Waals surface area contributed by atoms with Crippen LogP contribution in [0.1, 0.15) is 23.6 Å². The highest BCUT2D eigenvalue weighted by Gasteiger charge is 2.39. The standard InChI is InChI=1S/C25H26BrNO4/c1-25(24(28)27(2)29-3,21-12-8-5-9-13-21)31-18-20-16-22(14-15-23(20)26)30-17-19-10-6-4-7-11-19/h4-16H,17-18H2,1-3H3. The molecule has 0 saturated carbocycles. The monoisotopic (exact) mass is 483 g/mol. The maximum atomic E-state index is 13.1. The fraction of sp³-hybridized carbons (Fsp3) is 0.240. The molecule has 0 radical (unpaired) electrons. The lowest BCUT2D eigenvalue weighted by atomic mass is 9.94. The first-order chi connectivity index (χ1) is 14.9. The van der Waals surface area contributed by atoms with Crippen molar-refractivity contribution in [3.63, 3.8) is 0 Å². The van der Waals surface area contributed by atoms with Gasteiger partial charge in [0.15, 0.2) is 5.60 Å². The summed E-state index contributed by atoms with van der Waals surface area (Å²) in [6.07, 6.45) is 0. The Kier molecular flexibility index (Phi) is 7.85. The lowest BCUT2D eigenvalue weighted by Crippen LogP contribution is -2.44. The van der Waals surface area contributed by atoms with Crippen molar-refractivity contribution in [1.29, 1.82) is 0 Å². The number of likely N-dealkylation sites (N-methyl/N-ethyl adjacent to an activating group) is 1. The van der Waals surface area contributed by atoms with Gasteiger partial charge in [0.25, 0.3) is 5.91 Å². The molecule has 0 saturated heterocycles. The van der Waals surface area contributed by atoms with Gasteiger partial charge >= 0.3 is 0 Å². The van der Waals surface area contributed by atoms with Crippen LogP contribution in [-0.4, -0.2) is 25.1 Å². The van der Waals surface area contributed by atoms with Crippen LogP contribution in [-0.2, 0) is 33.2 Å². The normalized spacial score (nSPS) is 12.8. The molecule has 5 nitrogen and oxygen atoms in total. The van der Waals surface area contributed by atoms with Gasteiger partial charge in [-0.15, -0.1) is 0 Å². The second-order valence-electron chi connectivity index (χ2n) is 7.20. The molecular weight excluding hydrogens is 458 g/mol. The number of halogens is 1. The van der Waals surface area contributed by atoms with Crippen LogP contribution in [0.25, 0.3) is 0 Å². The Morgan fingerprint density at radius 3 is 2.26 bits per heavy atom. The van der Waals surface area contributed by atoms with E-state index in [1.54, 1.807) is 14.0 Å². The molecule has 1 unspecified atom stereocenters. The average Bonchev–Trinajstić information content (AvgIpc) is 2.82. The molecule has 1 amide bonds. The third-order valence-electron chi connectivity index (χ3n) is 5.07. The van der Waals surface area contributed by atoms with Gasteiger partial charge in [-0.25, -0.2) is 5.06 Å². The Balaban J connectivity index is 1.78. The summed E-state index contributed by atoms with van der Waals surface area (Å²) >= 11 is 3.57. The minimum absolute atomic E-state index is 0.206. The molecule has 3 rings (SSSR count). The lowest BCUT2D eigenvalue weighted by molar-refractivity contribution is -0.195. The molecule has 0 aromatic heterocycles. The van der Waals surface area contributed by atoms with Crippen molar-refractivity contribution in [2.75, 3.05) is 14.2 Å². The second-order valence-corrected chi connectivity index (χ2v) is 8.05. The number of amides is 1. The van der Waals surface area contributed by atoms with Crippen LogP contribution < -0.4 is 4.74 Å². The summed E-state index contributed by atoms with van der Waals surface area (Å²) < 4.78 is 13.0. The number of hydrogen-bond donors (Lipinski definition) is 0. The van der Waals surface area contributed by atoms with E-state index in [4.69, 9.17) is 14.3 Å². The number of carbonyl (C=O) groups is 1. The minimum Gasteiger partial charge on any atom is -0.489 e. The molecule has 0 aliphatic heterocycles. The van der Waals surface area contributed by atoms with E-state index in [-0.39, 0.29) is 12.5 Å². The van der Waals surface area contributed by atoms with Crippen LogP contribution in [0.15, 0.2) is 83.3 Å². The molecule has 0 heterocycles. The van der Waals surface area contributed by atoms with E-state index in [9.17, 15) is 4.79 Å². The molecule has 162 valence electrons. The van der Waals surface area contributed by atoms with Crippen LogP contribution >= 0.6 is 15.9 Å². The van der Waals surface area contributed by atoms with E-state index < -0.39 is 5.60 Å². The summed E-state index contributed by atoms with van der Waals surface area (Å²) in [5.41, 5.74) is 1.50. The molecule has 6 heteroatoms. The summed E-state index contributed by atoms with van der Waals surface area (Å²) in [6, 6.07) is 25.1. The first-order valence-corrected chi connectivity index (χ1v) is 10.7. The Labute approximate surface area is 191 Å². The number of carbonyl (C=O) groups excluding carboxylic acids is 1. The van der Waals surface area contributed by atoms with E-state index in [2.05, 4.69) is 15.9 Å². The van der Waals surface area contributed by atoms with E-state index >= 15 is 0 Å². The summed E-state index contributed by atoms with van der Waals surface area (Å²) in [7, 11) is 3.02. The summed E-state index contributed by atoms with van der Waals surface area (Å²) in [6.45, 7) is 2.43. The zero-order valence-electron chi connectivity index (χ0n) is 17.9. The largest absolute Gasteiger partial charge is 0.489 e. The van der Waals surface area contributed by atoms with Crippen LogP contribution in [0.2, 0.25) is 0 Å². The molecule has 0 spiro atoms. The Morgan fingerprint density at radius 2 is 1.61 bits per heavy atom. The average molecular weight is 484 g/mol. The molecule has 0 bridgehead atoms. The molecule has 0 aliphatic rings. The fourth-order valence-corrected chi connectivity index (χ4v) is 3.48. The number of nitrogens with zero attached hydrogens (tertiary/aromatic N) is 1. The molecule has 0 N–H and O–H groups in total. The van der Waals surface area contributed by atoms with E-state index in [0.717, 1.165) is 26.9 Å². The van der Waals surface area contributed by atoms with Gasteiger partial charge < -0.3 is 9.47 Å². The maximum absolute atomic E-state index is 13.1. The number of rotatable bonds is 9. The van der Waals surface area contributed by atoms with Crippen LogP contribution in [0.3, 0.4) is 0 Å². The minimum atomic E-state index is -1.22. The van der Waals surface area contributed by atoms with Crippen LogP contribution in [0.5, 0.6) is 5.75 Å². The highest BCUT2D eigenvalue weighted by Crippen LogP contribution is 2.31. The molecule has 3 aromatic rings. The summed E-state index contributed by atoms with van der Waals surface area (Å²) in [5.74, 6) is 0.432. The highest BCUT2D eigenvalue weighted by molar-refractivity contribution is 9.10. The van der Waals surface area contributed by atoms with Gasteiger partial charge in [-0.2, -0.15) is 0 Å². The zero-order chi connectivity index (χ0) is 22.3. The van der Waals surface area contributed by atoms with Gasteiger partial charge in [0.1, 0.15) is 12.4 Å². The first kappa shape index (κ1) is 23.0.